The number of anilines is 1. The van der Waals surface area contributed by atoms with Crippen LogP contribution in [-0.2, 0) is 0 Å². The van der Waals surface area contributed by atoms with Crippen LogP contribution in [0.2, 0.25) is 0 Å². The van der Waals surface area contributed by atoms with Gasteiger partial charge in [-0.25, -0.2) is 13.8 Å². The van der Waals surface area contributed by atoms with Gasteiger partial charge in [-0.3, -0.25) is 14.7 Å². The van der Waals surface area contributed by atoms with E-state index in [0.29, 0.717) is 36.1 Å². The minimum Gasteiger partial charge on any atom is -0.488 e. The van der Waals surface area contributed by atoms with Crippen LogP contribution in [0.25, 0.3) is 0 Å². The lowest BCUT2D eigenvalue weighted by atomic mass is 10.1. The quantitative estimate of drug-likeness (QED) is 0.756. The van der Waals surface area contributed by atoms with Gasteiger partial charge in [0.2, 0.25) is 6.35 Å². The number of aromatic nitrogens is 1. The summed E-state index contributed by atoms with van der Waals surface area (Å²) in [7, 11) is 1.69. The third-order valence-electron chi connectivity index (χ3n) is 5.79. The standard InChI is InChI=1S/C20H22F2N6O3/c1-25-19(30)28-5-2-14(11-16(28)24-25)27-8-9-31-15-10-13(12-23-17(15)27)18(29)26-6-3-20(21,22)4-7-26/h2,5,10-12,19,30H,3-4,6-9H2,1H3. The first-order valence-corrected chi connectivity index (χ1v) is 10.1. The summed E-state index contributed by atoms with van der Waals surface area (Å²) in [5.41, 5.74) is 1.14. The molecule has 0 aromatic carbocycles. The van der Waals surface area contributed by atoms with E-state index in [0.717, 1.165) is 5.70 Å². The Morgan fingerprint density at radius 3 is 2.84 bits per heavy atom. The van der Waals surface area contributed by atoms with Crippen molar-refractivity contribution in [1.29, 1.82) is 0 Å². The number of halogens is 2. The second-order valence-corrected chi connectivity index (χ2v) is 7.86. The summed E-state index contributed by atoms with van der Waals surface area (Å²) in [6.07, 6.45) is 5.41. The van der Waals surface area contributed by atoms with Gasteiger partial charge in [-0.15, -0.1) is 0 Å². The molecule has 5 rings (SSSR count). The number of alkyl halides is 2. The van der Waals surface area contributed by atoms with E-state index in [1.54, 1.807) is 24.2 Å². The lowest BCUT2D eigenvalue weighted by Gasteiger charge is -2.34. The van der Waals surface area contributed by atoms with Crippen LogP contribution in [0.15, 0.2) is 41.4 Å². The number of aliphatic hydroxyl groups excluding tert-OH is 1. The van der Waals surface area contributed by atoms with Crippen molar-refractivity contribution in [1.82, 2.24) is 19.8 Å². The van der Waals surface area contributed by atoms with Gasteiger partial charge in [0.1, 0.15) is 6.61 Å². The average molecular weight is 432 g/mol. The van der Waals surface area contributed by atoms with Crippen molar-refractivity contribution in [3.05, 3.63) is 41.9 Å². The Morgan fingerprint density at radius 1 is 1.29 bits per heavy atom. The summed E-state index contributed by atoms with van der Waals surface area (Å²) < 4.78 is 32.5. The highest BCUT2D eigenvalue weighted by molar-refractivity contribution is 5.98. The molecule has 0 radical (unpaired) electrons. The number of fused-ring (bicyclic) bond motifs is 2. The average Bonchev–Trinajstić information content (AvgIpc) is 3.05. The second kappa shape index (κ2) is 7.19. The maximum Gasteiger partial charge on any atom is 0.255 e. The van der Waals surface area contributed by atoms with Crippen LogP contribution < -0.4 is 9.64 Å². The number of ether oxygens (including phenoxy) is 1. The number of amidine groups is 1. The summed E-state index contributed by atoms with van der Waals surface area (Å²) >= 11 is 0. The summed E-state index contributed by atoms with van der Waals surface area (Å²) in [5, 5.41) is 15.9. The van der Waals surface area contributed by atoms with Gasteiger partial charge in [-0.2, -0.15) is 5.10 Å². The van der Waals surface area contributed by atoms with Gasteiger partial charge in [0.15, 0.2) is 17.4 Å². The van der Waals surface area contributed by atoms with Gasteiger partial charge in [-0.05, 0) is 12.1 Å². The van der Waals surface area contributed by atoms with Crippen molar-refractivity contribution >= 4 is 17.6 Å². The zero-order chi connectivity index (χ0) is 21.8. The summed E-state index contributed by atoms with van der Waals surface area (Å²) in [5.74, 6) is -1.41. The number of amides is 1. The molecule has 0 bridgehead atoms. The first-order chi connectivity index (χ1) is 14.8. The summed E-state index contributed by atoms with van der Waals surface area (Å²) in [4.78, 5) is 22.2. The fraction of sp³-hybridized carbons (Fsp3) is 0.450. The van der Waals surface area contributed by atoms with Crippen LogP contribution in [0.4, 0.5) is 14.6 Å². The van der Waals surface area contributed by atoms with Crippen LogP contribution >= 0.6 is 0 Å². The predicted molar refractivity (Wildman–Crippen MR) is 107 cm³/mol. The monoisotopic (exact) mass is 432 g/mol. The Hall–Kier alpha value is -3.21. The Labute approximate surface area is 177 Å². The molecule has 1 unspecified atom stereocenters. The minimum atomic E-state index is -2.71. The Kier molecular flexibility index (Phi) is 4.58. The van der Waals surface area contributed by atoms with Gasteiger partial charge in [0.05, 0.1) is 12.1 Å². The first-order valence-electron chi connectivity index (χ1n) is 10.1. The highest BCUT2D eigenvalue weighted by Crippen LogP contribution is 2.35. The molecule has 1 saturated heterocycles. The number of hydrogen-bond acceptors (Lipinski definition) is 8. The van der Waals surface area contributed by atoms with E-state index in [1.807, 2.05) is 17.1 Å². The molecule has 0 spiro atoms. The van der Waals surface area contributed by atoms with Gasteiger partial charge < -0.3 is 19.6 Å². The van der Waals surface area contributed by atoms with Crippen LogP contribution in [0.3, 0.4) is 0 Å². The van der Waals surface area contributed by atoms with E-state index >= 15 is 0 Å². The fourth-order valence-corrected chi connectivity index (χ4v) is 4.01. The number of rotatable bonds is 2. The maximum absolute atomic E-state index is 13.4. The fourth-order valence-electron chi connectivity index (χ4n) is 4.01. The third-order valence-corrected chi connectivity index (χ3v) is 5.79. The zero-order valence-electron chi connectivity index (χ0n) is 16.9. The van der Waals surface area contributed by atoms with E-state index in [4.69, 9.17) is 4.74 Å². The number of aliphatic hydroxyl groups is 1. The van der Waals surface area contributed by atoms with Gasteiger partial charge in [0, 0.05) is 57.1 Å². The highest BCUT2D eigenvalue weighted by atomic mass is 19.3. The number of carbonyl (C=O) groups excluding carboxylic acids is 1. The van der Waals surface area contributed by atoms with E-state index in [2.05, 4.69) is 10.1 Å². The van der Waals surface area contributed by atoms with E-state index < -0.39 is 12.3 Å². The molecule has 11 heteroatoms. The van der Waals surface area contributed by atoms with Crippen molar-refractivity contribution in [3.63, 3.8) is 0 Å². The zero-order valence-corrected chi connectivity index (χ0v) is 16.9. The summed E-state index contributed by atoms with van der Waals surface area (Å²) in [6, 6.07) is 1.62. The molecule has 1 aromatic heterocycles. The third kappa shape index (κ3) is 3.48. The normalized spacial score (nSPS) is 24.3. The number of likely N-dealkylation sites (tertiary alicyclic amines) is 1. The molecule has 4 aliphatic rings. The van der Waals surface area contributed by atoms with Crippen molar-refractivity contribution in [2.24, 2.45) is 5.10 Å². The number of carbonyl (C=O) groups is 1. The molecule has 9 nitrogen and oxygen atoms in total. The van der Waals surface area contributed by atoms with Crippen molar-refractivity contribution in [2.75, 3.05) is 38.2 Å². The Morgan fingerprint density at radius 2 is 2.06 bits per heavy atom. The molecule has 1 amide bonds. The lowest BCUT2D eigenvalue weighted by Crippen LogP contribution is -2.43. The number of hydrazone groups is 1. The molecule has 0 aliphatic carbocycles. The van der Waals surface area contributed by atoms with E-state index in [9.17, 15) is 18.7 Å². The largest absolute Gasteiger partial charge is 0.488 e. The molecule has 1 aromatic rings. The predicted octanol–water partition coefficient (Wildman–Crippen LogP) is 1.40. The van der Waals surface area contributed by atoms with Crippen molar-refractivity contribution in [2.45, 2.75) is 25.1 Å². The molecule has 1 N–H and O–H groups in total. The van der Waals surface area contributed by atoms with Crippen molar-refractivity contribution in [3.8, 4) is 5.75 Å². The van der Waals surface area contributed by atoms with Crippen LogP contribution in [0, 0.1) is 0 Å². The van der Waals surface area contributed by atoms with Gasteiger partial charge in [0.25, 0.3) is 11.8 Å². The number of pyridine rings is 1. The Bertz CT molecular complexity index is 1000. The van der Waals surface area contributed by atoms with E-state index in [-0.39, 0.29) is 31.8 Å². The molecule has 1 atom stereocenters. The van der Waals surface area contributed by atoms with Crippen molar-refractivity contribution < 1.29 is 23.4 Å². The number of hydrogen-bond donors (Lipinski definition) is 1. The van der Waals surface area contributed by atoms with Crippen LogP contribution in [-0.4, -0.2) is 82.2 Å². The molecule has 5 heterocycles. The molecule has 4 aliphatic heterocycles. The molecular weight excluding hydrogens is 410 g/mol. The smallest absolute Gasteiger partial charge is 0.255 e. The molecular formula is C20H22F2N6O3. The molecule has 1 fully saturated rings. The first kappa shape index (κ1) is 19.7. The lowest BCUT2D eigenvalue weighted by molar-refractivity contribution is -0.0494. The number of piperidine rings is 1. The van der Waals surface area contributed by atoms with Gasteiger partial charge >= 0.3 is 0 Å². The van der Waals surface area contributed by atoms with Gasteiger partial charge in [-0.1, -0.05) is 0 Å². The highest BCUT2D eigenvalue weighted by Gasteiger charge is 2.36. The molecule has 164 valence electrons. The summed E-state index contributed by atoms with van der Waals surface area (Å²) in [6.45, 7) is 0.988. The number of allylic oxidation sites excluding steroid dienone is 1. The number of nitrogens with zero attached hydrogens (tertiary/aromatic N) is 6. The molecule has 31 heavy (non-hydrogen) atoms. The second-order valence-electron chi connectivity index (χ2n) is 7.86. The van der Waals surface area contributed by atoms with Crippen LogP contribution in [0.1, 0.15) is 23.2 Å². The maximum atomic E-state index is 13.4. The Balaban J connectivity index is 1.37. The van der Waals surface area contributed by atoms with Crippen LogP contribution in [0.5, 0.6) is 5.75 Å². The minimum absolute atomic E-state index is 0.0203. The van der Waals surface area contributed by atoms with E-state index in [1.165, 1.54) is 16.1 Å². The molecule has 0 saturated carbocycles. The topological polar surface area (TPSA) is 84.7 Å². The SMILES string of the molecule is CN1N=C2C=C(N3CCOc4cc(C(=O)N5CCC(F)(F)CC5)cnc43)C=CN2C1O.